The molecule has 2 heterocycles. The summed E-state index contributed by atoms with van der Waals surface area (Å²) in [5.41, 5.74) is 13.7. The first-order chi connectivity index (χ1) is 16.2. The van der Waals surface area contributed by atoms with Gasteiger partial charge >= 0.3 is 0 Å². The quantitative estimate of drug-likeness (QED) is 0.385. The average Bonchev–Trinajstić information content (AvgIpc) is 3.27. The van der Waals surface area contributed by atoms with E-state index in [1.165, 1.54) is 5.56 Å². The first-order valence-electron chi connectivity index (χ1n) is 11.5. The summed E-state index contributed by atoms with van der Waals surface area (Å²) in [7, 11) is 0. The molecular formula is C26H28N6O. The highest BCUT2D eigenvalue weighted by molar-refractivity contribution is 5.74. The van der Waals surface area contributed by atoms with Gasteiger partial charge in [0.05, 0.1) is 29.3 Å². The van der Waals surface area contributed by atoms with Crippen LogP contribution in [0.2, 0.25) is 0 Å². The molecule has 0 amide bonds. The van der Waals surface area contributed by atoms with E-state index in [1.807, 2.05) is 42.6 Å². The summed E-state index contributed by atoms with van der Waals surface area (Å²) < 4.78 is 0. The van der Waals surface area contributed by atoms with Crippen LogP contribution in [0.3, 0.4) is 0 Å². The van der Waals surface area contributed by atoms with Gasteiger partial charge in [0.2, 0.25) is 0 Å². The Hall–Kier alpha value is -3.42. The van der Waals surface area contributed by atoms with Gasteiger partial charge in [0.1, 0.15) is 12.4 Å². The number of para-hydroxylation sites is 2. The first kappa shape index (κ1) is 21.4. The van der Waals surface area contributed by atoms with Crippen LogP contribution in [-0.2, 0) is 32.6 Å². The van der Waals surface area contributed by atoms with Crippen LogP contribution in [0.15, 0.2) is 66.0 Å². The maximum absolute atomic E-state index is 10.7. The molecule has 1 atom stereocenters. The zero-order valence-electron chi connectivity index (χ0n) is 18.6. The number of H-pyrrole nitrogens is 1. The summed E-state index contributed by atoms with van der Waals surface area (Å²) in [5, 5.41) is 3.03. The number of aromatic nitrogens is 3. The molecule has 0 radical (unpaired) electrons. The lowest BCUT2D eigenvalue weighted by Gasteiger charge is -2.35. The summed E-state index contributed by atoms with van der Waals surface area (Å²) in [6, 6.07) is 18.6. The molecule has 33 heavy (non-hydrogen) atoms. The predicted molar refractivity (Wildman–Crippen MR) is 129 cm³/mol. The van der Waals surface area contributed by atoms with Crippen molar-refractivity contribution in [3.8, 4) is 0 Å². The number of fused-ring (bicyclic) bond motifs is 2. The van der Waals surface area contributed by atoms with E-state index in [2.05, 4.69) is 33.3 Å². The fourth-order valence-electron chi connectivity index (χ4n) is 4.90. The number of nitrogens with one attached hydrogen (secondary N) is 1. The van der Waals surface area contributed by atoms with Gasteiger partial charge in [-0.2, -0.15) is 4.91 Å². The molecule has 7 heteroatoms. The van der Waals surface area contributed by atoms with Gasteiger partial charge < -0.3 is 10.7 Å². The summed E-state index contributed by atoms with van der Waals surface area (Å²) in [4.78, 5) is 26.3. The third kappa shape index (κ3) is 4.55. The molecule has 0 aliphatic heterocycles. The second-order valence-electron chi connectivity index (χ2n) is 8.66. The van der Waals surface area contributed by atoms with Gasteiger partial charge in [0.25, 0.3) is 0 Å². The van der Waals surface area contributed by atoms with Crippen molar-refractivity contribution in [1.82, 2.24) is 19.9 Å². The molecule has 0 saturated carbocycles. The number of nitrogens with zero attached hydrogens (tertiary/aromatic N) is 4. The number of hydrogen-bond acceptors (Lipinski definition) is 6. The van der Waals surface area contributed by atoms with Crippen molar-refractivity contribution in [3.05, 3.63) is 99.5 Å². The van der Waals surface area contributed by atoms with Gasteiger partial charge in [0.15, 0.2) is 0 Å². The number of benzene rings is 2. The van der Waals surface area contributed by atoms with Crippen molar-refractivity contribution in [2.45, 2.75) is 51.5 Å². The van der Waals surface area contributed by atoms with Crippen molar-refractivity contribution >= 4 is 11.0 Å². The minimum absolute atomic E-state index is 0.163. The van der Waals surface area contributed by atoms with Crippen LogP contribution in [0.5, 0.6) is 0 Å². The number of aryl methyl sites for hydroxylation is 1. The third-order valence-electron chi connectivity index (χ3n) is 6.51. The molecule has 0 fully saturated rings. The van der Waals surface area contributed by atoms with Gasteiger partial charge in [-0.1, -0.05) is 41.6 Å². The molecule has 1 aliphatic carbocycles. The van der Waals surface area contributed by atoms with Crippen LogP contribution in [0, 0.1) is 4.91 Å². The lowest BCUT2D eigenvalue weighted by molar-refractivity contribution is 0.153. The first-order valence-corrected chi connectivity index (χ1v) is 11.5. The number of pyridine rings is 1. The molecule has 0 saturated heterocycles. The number of nitrogens with two attached hydrogens (primary N) is 1. The van der Waals surface area contributed by atoms with Crippen molar-refractivity contribution in [3.63, 3.8) is 0 Å². The maximum Gasteiger partial charge on any atom is 0.121 e. The largest absolute Gasteiger partial charge is 0.341 e. The summed E-state index contributed by atoms with van der Waals surface area (Å²) in [5.74, 6) is 0.940. The molecule has 3 N–H and O–H groups in total. The minimum atomic E-state index is 0.163. The number of imidazole rings is 1. The number of aromatic amines is 1. The standard InChI is InChI=1S/C26H28N6O/c27-14-21-13-18(15-29-33)10-11-20(21)16-32(17-25-30-22-7-1-2-8-23(22)31-25)24-9-3-5-19-6-4-12-28-26(19)24/h1-2,4,6-8,10-13,24H,3,5,9,14-17,27H2,(H,30,31). The van der Waals surface area contributed by atoms with Crippen molar-refractivity contribution in [1.29, 1.82) is 0 Å². The fourth-order valence-corrected chi connectivity index (χ4v) is 4.90. The van der Waals surface area contributed by atoms with E-state index < -0.39 is 0 Å². The summed E-state index contributed by atoms with van der Waals surface area (Å²) in [6.45, 7) is 1.98. The molecule has 7 nitrogen and oxygen atoms in total. The lowest BCUT2D eigenvalue weighted by atomic mass is 9.90. The van der Waals surface area contributed by atoms with Crippen LogP contribution in [0.4, 0.5) is 0 Å². The second kappa shape index (κ2) is 9.60. The van der Waals surface area contributed by atoms with Crippen LogP contribution < -0.4 is 5.73 Å². The van der Waals surface area contributed by atoms with Crippen LogP contribution in [-0.4, -0.2) is 19.9 Å². The monoisotopic (exact) mass is 440 g/mol. The maximum atomic E-state index is 10.7. The minimum Gasteiger partial charge on any atom is -0.341 e. The molecule has 0 spiro atoms. The fraction of sp³-hybridized carbons (Fsp3) is 0.308. The van der Waals surface area contributed by atoms with E-state index in [0.29, 0.717) is 13.1 Å². The van der Waals surface area contributed by atoms with E-state index in [0.717, 1.165) is 65.0 Å². The highest BCUT2D eigenvalue weighted by Crippen LogP contribution is 2.35. The lowest BCUT2D eigenvalue weighted by Crippen LogP contribution is -2.32. The Morgan fingerprint density at radius 3 is 2.85 bits per heavy atom. The van der Waals surface area contributed by atoms with Crippen LogP contribution in [0.1, 0.15) is 52.7 Å². The number of rotatable bonds is 8. The third-order valence-corrected chi connectivity index (χ3v) is 6.51. The Morgan fingerprint density at radius 2 is 2.00 bits per heavy atom. The number of hydrogen-bond donors (Lipinski definition) is 2. The Bertz CT molecular complexity index is 1230. The molecule has 1 aliphatic rings. The van der Waals surface area contributed by atoms with Crippen molar-refractivity contribution < 1.29 is 0 Å². The van der Waals surface area contributed by atoms with E-state index in [1.54, 1.807) is 0 Å². The summed E-state index contributed by atoms with van der Waals surface area (Å²) >= 11 is 0. The average molecular weight is 441 g/mol. The zero-order chi connectivity index (χ0) is 22.6. The highest BCUT2D eigenvalue weighted by Gasteiger charge is 2.28. The Kier molecular flexibility index (Phi) is 6.24. The van der Waals surface area contributed by atoms with Gasteiger partial charge in [-0.05, 0) is 59.7 Å². The van der Waals surface area contributed by atoms with E-state index >= 15 is 0 Å². The second-order valence-corrected chi connectivity index (χ2v) is 8.66. The molecule has 4 aromatic rings. The Labute approximate surface area is 193 Å². The molecule has 1 unspecified atom stereocenters. The Morgan fingerprint density at radius 1 is 1.09 bits per heavy atom. The van der Waals surface area contributed by atoms with E-state index in [9.17, 15) is 4.91 Å². The molecule has 2 aromatic carbocycles. The predicted octanol–water partition coefficient (Wildman–Crippen LogP) is 4.76. The van der Waals surface area contributed by atoms with Gasteiger partial charge in [-0.3, -0.25) is 9.88 Å². The van der Waals surface area contributed by atoms with Gasteiger partial charge in [0, 0.05) is 19.3 Å². The smallest absolute Gasteiger partial charge is 0.121 e. The molecule has 2 aromatic heterocycles. The van der Waals surface area contributed by atoms with Crippen LogP contribution >= 0.6 is 0 Å². The van der Waals surface area contributed by atoms with Crippen LogP contribution in [0.25, 0.3) is 11.0 Å². The molecule has 0 bridgehead atoms. The van der Waals surface area contributed by atoms with Gasteiger partial charge in [-0.25, -0.2) is 4.98 Å². The number of nitroso groups, excluding NO2 is 1. The highest BCUT2D eigenvalue weighted by atomic mass is 16.3. The van der Waals surface area contributed by atoms with E-state index in [-0.39, 0.29) is 12.6 Å². The molecule has 168 valence electrons. The Balaban J connectivity index is 1.51. The normalized spacial score (nSPS) is 15.6. The molecular weight excluding hydrogens is 412 g/mol. The summed E-state index contributed by atoms with van der Waals surface area (Å²) in [6.07, 6.45) is 5.14. The molecule has 5 rings (SSSR count). The zero-order valence-corrected chi connectivity index (χ0v) is 18.6. The SMILES string of the molecule is NCc1cc(CN=O)ccc1CN(Cc1nc2ccccc2[nH]1)C1CCCc2cccnc21. The van der Waals surface area contributed by atoms with Crippen molar-refractivity contribution in [2.75, 3.05) is 0 Å². The van der Waals surface area contributed by atoms with Gasteiger partial charge in [-0.15, -0.1) is 0 Å². The van der Waals surface area contributed by atoms with Crippen molar-refractivity contribution in [2.24, 2.45) is 10.9 Å². The van der Waals surface area contributed by atoms with E-state index in [4.69, 9.17) is 15.7 Å². The topological polar surface area (TPSA) is 100 Å².